The van der Waals surface area contributed by atoms with Gasteiger partial charge in [0.2, 0.25) is 0 Å². The number of hydrogen-bond acceptors (Lipinski definition) is 6. The number of primary amides is 1. The number of alkyl halides is 4. The molecule has 0 spiro atoms. The molecule has 2 unspecified atom stereocenters. The van der Waals surface area contributed by atoms with Gasteiger partial charge in [0.25, 0.3) is 5.91 Å². The molecule has 1 amide bonds. The Morgan fingerprint density at radius 2 is 1.76 bits per heavy atom. The van der Waals surface area contributed by atoms with E-state index in [1.165, 1.54) is 41.5 Å². The minimum absolute atomic E-state index is 0.0564. The van der Waals surface area contributed by atoms with E-state index < -0.39 is 35.9 Å². The average Bonchev–Trinajstić information content (AvgIpc) is 3.42. The lowest BCUT2D eigenvalue weighted by molar-refractivity contribution is -0.212. The molecule has 3 heterocycles. The molecule has 0 aliphatic carbocycles. The van der Waals surface area contributed by atoms with E-state index in [1.807, 2.05) is 0 Å². The number of pyridine rings is 1. The topological polar surface area (TPSA) is 127 Å². The first-order valence-electron chi connectivity index (χ1n) is 10.8. The van der Waals surface area contributed by atoms with Gasteiger partial charge in [0.15, 0.2) is 23.1 Å². The van der Waals surface area contributed by atoms with Crippen LogP contribution in [0.15, 0.2) is 53.7 Å². The second kappa shape index (κ2) is 10.2. The van der Waals surface area contributed by atoms with Gasteiger partial charge in [0.05, 0.1) is 5.02 Å². The normalized spacial score (nSPS) is 14.3. The average molecular weight is 573 g/mol. The standard InChI is InChI=1S/C22H18Cl2F4N8O2/c1-21(25,19(29)37)15(22(26,27)28)9-34-17(12-4-6-13(23)7-5-12)33-35(20(34)38)10-16-31-11-36(32-16)18-14(24)3-2-8-30-18/h2-8,11,15H,9-10H2,1H3,(H2,29,37). The predicted molar refractivity (Wildman–Crippen MR) is 128 cm³/mol. The Labute approximate surface area is 221 Å². The number of aromatic nitrogens is 7. The molecular formula is C22H18Cl2F4N8O2. The molecule has 0 fully saturated rings. The van der Waals surface area contributed by atoms with E-state index in [4.69, 9.17) is 28.9 Å². The second-order valence-electron chi connectivity index (χ2n) is 8.33. The molecule has 16 heteroatoms. The smallest absolute Gasteiger partial charge is 0.367 e. The molecule has 0 aliphatic rings. The Morgan fingerprint density at radius 3 is 2.37 bits per heavy atom. The summed E-state index contributed by atoms with van der Waals surface area (Å²) < 4.78 is 59.3. The molecule has 1 aromatic carbocycles. The van der Waals surface area contributed by atoms with Crippen molar-refractivity contribution in [2.75, 3.05) is 0 Å². The summed E-state index contributed by atoms with van der Waals surface area (Å²) in [5.74, 6) is -4.68. The zero-order valence-corrected chi connectivity index (χ0v) is 20.9. The molecule has 3 aromatic heterocycles. The van der Waals surface area contributed by atoms with Crippen molar-refractivity contribution in [3.8, 4) is 17.2 Å². The molecule has 2 N–H and O–H groups in total. The van der Waals surface area contributed by atoms with Crippen LogP contribution in [0.3, 0.4) is 0 Å². The second-order valence-corrected chi connectivity index (χ2v) is 9.17. The highest BCUT2D eigenvalue weighted by atomic mass is 35.5. The van der Waals surface area contributed by atoms with Crippen LogP contribution in [0.2, 0.25) is 10.0 Å². The van der Waals surface area contributed by atoms with Crippen molar-refractivity contribution in [2.45, 2.75) is 31.9 Å². The van der Waals surface area contributed by atoms with Gasteiger partial charge in [-0.15, -0.1) is 10.2 Å². The van der Waals surface area contributed by atoms with Crippen LogP contribution in [0.25, 0.3) is 17.2 Å². The van der Waals surface area contributed by atoms with Crippen molar-refractivity contribution in [1.29, 1.82) is 0 Å². The van der Waals surface area contributed by atoms with Gasteiger partial charge in [-0.1, -0.05) is 23.2 Å². The highest BCUT2D eigenvalue weighted by molar-refractivity contribution is 6.32. The molecule has 2 atom stereocenters. The van der Waals surface area contributed by atoms with Gasteiger partial charge >= 0.3 is 11.9 Å². The number of benzene rings is 1. The van der Waals surface area contributed by atoms with Gasteiger partial charge in [0, 0.05) is 23.3 Å². The molecule has 4 rings (SSSR count). The summed E-state index contributed by atoms with van der Waals surface area (Å²) in [7, 11) is 0. The zero-order chi connectivity index (χ0) is 27.8. The molecule has 10 nitrogen and oxygen atoms in total. The number of nitrogens with zero attached hydrogens (tertiary/aromatic N) is 7. The third-order valence-electron chi connectivity index (χ3n) is 5.71. The third-order valence-corrected chi connectivity index (χ3v) is 6.26. The first-order chi connectivity index (χ1) is 17.8. The van der Waals surface area contributed by atoms with Crippen molar-refractivity contribution < 1.29 is 22.4 Å². The van der Waals surface area contributed by atoms with E-state index in [-0.39, 0.29) is 34.6 Å². The summed E-state index contributed by atoms with van der Waals surface area (Å²) in [5, 5.41) is 8.95. The van der Waals surface area contributed by atoms with Crippen molar-refractivity contribution in [3.63, 3.8) is 0 Å². The fraction of sp³-hybridized carbons (Fsp3) is 0.273. The maximum atomic E-state index is 14.9. The van der Waals surface area contributed by atoms with Gasteiger partial charge in [-0.25, -0.2) is 28.5 Å². The maximum Gasteiger partial charge on any atom is 0.397 e. The van der Waals surface area contributed by atoms with Crippen molar-refractivity contribution >= 4 is 29.1 Å². The lowest BCUT2D eigenvalue weighted by Gasteiger charge is -2.29. The molecular weight excluding hydrogens is 555 g/mol. The molecule has 4 aromatic rings. The molecule has 0 radical (unpaired) electrons. The Balaban J connectivity index is 1.78. The summed E-state index contributed by atoms with van der Waals surface area (Å²) in [5.41, 5.74) is 0.591. The molecule has 0 saturated heterocycles. The number of rotatable bonds is 8. The van der Waals surface area contributed by atoms with Gasteiger partial charge in [-0.05, 0) is 43.3 Å². The fourth-order valence-corrected chi connectivity index (χ4v) is 3.94. The number of carbonyl (C=O) groups excluding carboxylic acids is 1. The molecule has 200 valence electrons. The van der Waals surface area contributed by atoms with E-state index in [0.29, 0.717) is 16.5 Å². The zero-order valence-electron chi connectivity index (χ0n) is 19.4. The van der Waals surface area contributed by atoms with Crippen LogP contribution in [0.5, 0.6) is 0 Å². The number of hydrogen-bond donors (Lipinski definition) is 1. The summed E-state index contributed by atoms with van der Waals surface area (Å²) in [6, 6.07) is 8.92. The Morgan fingerprint density at radius 1 is 1.08 bits per heavy atom. The van der Waals surface area contributed by atoms with Crippen molar-refractivity contribution in [2.24, 2.45) is 11.7 Å². The molecule has 0 aliphatic heterocycles. The fourth-order valence-electron chi connectivity index (χ4n) is 3.61. The monoisotopic (exact) mass is 572 g/mol. The lowest BCUT2D eigenvalue weighted by Crippen LogP contribution is -2.52. The summed E-state index contributed by atoms with van der Waals surface area (Å²) in [6.45, 7) is -1.21. The van der Waals surface area contributed by atoms with Crippen LogP contribution in [0.4, 0.5) is 17.6 Å². The first-order valence-corrected chi connectivity index (χ1v) is 11.5. The van der Waals surface area contributed by atoms with E-state index in [9.17, 15) is 27.2 Å². The molecule has 38 heavy (non-hydrogen) atoms. The highest BCUT2D eigenvalue weighted by Crippen LogP contribution is 2.38. The Kier molecular flexibility index (Phi) is 7.30. The summed E-state index contributed by atoms with van der Waals surface area (Å²) in [6.07, 6.45) is -2.46. The van der Waals surface area contributed by atoms with Crippen LogP contribution in [0.1, 0.15) is 12.7 Å². The van der Waals surface area contributed by atoms with Crippen LogP contribution in [0, 0.1) is 5.92 Å². The van der Waals surface area contributed by atoms with Crippen LogP contribution in [-0.2, 0) is 17.9 Å². The van der Waals surface area contributed by atoms with E-state index >= 15 is 0 Å². The third kappa shape index (κ3) is 5.41. The van der Waals surface area contributed by atoms with Gasteiger partial charge in [-0.3, -0.25) is 9.36 Å². The van der Waals surface area contributed by atoms with E-state index in [0.717, 1.165) is 4.68 Å². The lowest BCUT2D eigenvalue weighted by atomic mass is 9.89. The predicted octanol–water partition coefficient (Wildman–Crippen LogP) is 3.43. The van der Waals surface area contributed by atoms with Crippen LogP contribution < -0.4 is 11.4 Å². The minimum Gasteiger partial charge on any atom is -0.367 e. The first kappa shape index (κ1) is 27.3. The van der Waals surface area contributed by atoms with Gasteiger partial charge in [0.1, 0.15) is 18.8 Å². The SMILES string of the molecule is CC(F)(C(N)=O)C(Cn1c(-c2ccc(Cl)cc2)nn(Cc2ncn(-c3ncccc3Cl)n2)c1=O)C(F)(F)F. The number of nitrogens with two attached hydrogens (primary N) is 1. The Bertz CT molecular complexity index is 1530. The highest BCUT2D eigenvalue weighted by Gasteiger charge is 2.55. The van der Waals surface area contributed by atoms with Crippen LogP contribution in [-0.4, -0.2) is 51.8 Å². The van der Waals surface area contributed by atoms with Crippen molar-refractivity contribution in [3.05, 3.63) is 75.3 Å². The quantitative estimate of drug-likeness (QED) is 0.322. The Hall–Kier alpha value is -3.78. The van der Waals surface area contributed by atoms with E-state index in [2.05, 4.69) is 20.2 Å². The number of amides is 1. The minimum atomic E-state index is -5.22. The van der Waals surface area contributed by atoms with Crippen LogP contribution >= 0.6 is 23.2 Å². The molecule has 0 bridgehead atoms. The number of halogens is 6. The largest absolute Gasteiger partial charge is 0.397 e. The van der Waals surface area contributed by atoms with Crippen molar-refractivity contribution in [1.82, 2.24) is 34.1 Å². The summed E-state index contributed by atoms with van der Waals surface area (Å²) in [4.78, 5) is 33.0. The number of carbonyl (C=O) groups is 1. The van der Waals surface area contributed by atoms with E-state index in [1.54, 1.807) is 12.1 Å². The van der Waals surface area contributed by atoms with Gasteiger partial charge in [-0.2, -0.15) is 13.2 Å². The maximum absolute atomic E-state index is 14.9. The summed E-state index contributed by atoms with van der Waals surface area (Å²) >= 11 is 12.0. The van der Waals surface area contributed by atoms with Gasteiger partial charge < -0.3 is 5.73 Å². The molecule has 0 saturated carbocycles.